The lowest BCUT2D eigenvalue weighted by Gasteiger charge is -2.08. The number of nitrogens with two attached hydrogens (primary N) is 1. The van der Waals surface area contributed by atoms with E-state index in [-0.39, 0.29) is 0 Å². The molecule has 0 heterocycles. The van der Waals surface area contributed by atoms with Crippen molar-refractivity contribution in [3.05, 3.63) is 0 Å². The van der Waals surface area contributed by atoms with Crippen LogP contribution in [0.2, 0.25) is 0 Å². The molecular weight excluding hydrogens is 134 g/mol. The molecule has 2 fully saturated rings. The predicted molar refractivity (Wildman–Crippen MR) is 47.2 cm³/mol. The Morgan fingerprint density at radius 1 is 1.27 bits per heavy atom. The topological polar surface area (TPSA) is 26.0 Å². The van der Waals surface area contributed by atoms with Crippen LogP contribution in [0.4, 0.5) is 0 Å². The molecule has 2 N–H and O–H groups in total. The van der Waals surface area contributed by atoms with Gasteiger partial charge in [0.25, 0.3) is 0 Å². The van der Waals surface area contributed by atoms with Crippen molar-refractivity contribution in [3.8, 4) is 0 Å². The minimum atomic E-state index is 0.556. The maximum atomic E-state index is 5.72. The number of hydrogen-bond donors (Lipinski definition) is 1. The Kier molecular flexibility index (Phi) is 1.26. The molecule has 2 rings (SSSR count). The summed E-state index contributed by atoms with van der Waals surface area (Å²) in [6.07, 6.45) is 2.88. The van der Waals surface area contributed by atoms with Crippen LogP contribution in [-0.2, 0) is 0 Å². The molecule has 2 atom stereocenters. The molecule has 0 aliphatic heterocycles. The lowest BCUT2D eigenvalue weighted by Crippen LogP contribution is -2.06. The SMILES string of the molecule is CC1([C@H]2[C@H](CN)C2(C)C)CC1. The van der Waals surface area contributed by atoms with Gasteiger partial charge in [0.1, 0.15) is 0 Å². The average Bonchev–Trinajstić information content (AvgIpc) is 2.72. The highest BCUT2D eigenvalue weighted by molar-refractivity contribution is 5.16. The molecule has 11 heavy (non-hydrogen) atoms. The van der Waals surface area contributed by atoms with Crippen LogP contribution >= 0.6 is 0 Å². The summed E-state index contributed by atoms with van der Waals surface area (Å²) >= 11 is 0. The van der Waals surface area contributed by atoms with Gasteiger partial charge >= 0.3 is 0 Å². The monoisotopic (exact) mass is 153 g/mol. The molecule has 2 aliphatic carbocycles. The molecule has 2 aliphatic rings. The molecule has 0 aromatic carbocycles. The zero-order valence-electron chi connectivity index (χ0n) is 7.85. The molecule has 64 valence electrons. The van der Waals surface area contributed by atoms with Crippen molar-refractivity contribution in [3.63, 3.8) is 0 Å². The van der Waals surface area contributed by atoms with Crippen LogP contribution in [0.1, 0.15) is 33.6 Å². The molecule has 0 spiro atoms. The van der Waals surface area contributed by atoms with Gasteiger partial charge in [-0.15, -0.1) is 0 Å². The number of hydrogen-bond acceptors (Lipinski definition) is 1. The van der Waals surface area contributed by atoms with Gasteiger partial charge in [0.15, 0.2) is 0 Å². The van der Waals surface area contributed by atoms with E-state index in [1.807, 2.05) is 0 Å². The minimum Gasteiger partial charge on any atom is -0.330 e. The summed E-state index contributed by atoms with van der Waals surface area (Å²) in [5.74, 6) is 1.75. The first-order chi connectivity index (χ1) is 5.02. The molecule has 1 nitrogen and oxygen atoms in total. The summed E-state index contributed by atoms with van der Waals surface area (Å²) in [6, 6.07) is 0. The van der Waals surface area contributed by atoms with Crippen molar-refractivity contribution in [2.45, 2.75) is 33.6 Å². The summed E-state index contributed by atoms with van der Waals surface area (Å²) in [4.78, 5) is 0. The second-order valence-corrected chi connectivity index (χ2v) is 5.30. The van der Waals surface area contributed by atoms with E-state index in [1.54, 1.807) is 0 Å². The van der Waals surface area contributed by atoms with E-state index >= 15 is 0 Å². The highest BCUT2D eigenvalue weighted by Gasteiger charge is 2.67. The Bertz CT molecular complexity index is 179. The molecule has 0 aromatic rings. The Hall–Kier alpha value is -0.0400. The molecule has 0 aromatic heterocycles. The van der Waals surface area contributed by atoms with E-state index in [0.717, 1.165) is 18.4 Å². The first-order valence-corrected chi connectivity index (χ1v) is 4.72. The Labute approximate surface area is 69.4 Å². The molecular formula is C10H19N. The van der Waals surface area contributed by atoms with Crippen molar-refractivity contribution < 1.29 is 0 Å². The Morgan fingerprint density at radius 3 is 2.09 bits per heavy atom. The summed E-state index contributed by atoms with van der Waals surface area (Å²) < 4.78 is 0. The van der Waals surface area contributed by atoms with E-state index in [1.165, 1.54) is 12.8 Å². The molecule has 1 heteroatoms. The fraction of sp³-hybridized carbons (Fsp3) is 1.00. The van der Waals surface area contributed by atoms with Crippen molar-refractivity contribution >= 4 is 0 Å². The summed E-state index contributed by atoms with van der Waals surface area (Å²) in [5, 5.41) is 0. The predicted octanol–water partition coefficient (Wildman–Crippen LogP) is 2.02. The Balaban J connectivity index is 2.08. The first kappa shape index (κ1) is 7.60. The van der Waals surface area contributed by atoms with Crippen LogP contribution in [0.3, 0.4) is 0 Å². The third-order valence-corrected chi connectivity index (χ3v) is 4.09. The second-order valence-electron chi connectivity index (χ2n) is 5.30. The summed E-state index contributed by atoms with van der Waals surface area (Å²) in [6.45, 7) is 8.07. The van der Waals surface area contributed by atoms with Gasteiger partial charge in [-0.2, -0.15) is 0 Å². The first-order valence-electron chi connectivity index (χ1n) is 4.72. The van der Waals surface area contributed by atoms with Crippen LogP contribution in [0.5, 0.6) is 0 Å². The minimum absolute atomic E-state index is 0.556. The van der Waals surface area contributed by atoms with Gasteiger partial charge in [-0.3, -0.25) is 0 Å². The quantitative estimate of drug-likeness (QED) is 0.645. The zero-order chi connectivity index (χ0) is 8.28. The van der Waals surface area contributed by atoms with Gasteiger partial charge in [-0.05, 0) is 42.1 Å². The maximum Gasteiger partial charge on any atom is -0.00406 e. The van der Waals surface area contributed by atoms with Crippen LogP contribution in [0, 0.1) is 22.7 Å². The summed E-state index contributed by atoms with van der Waals surface area (Å²) in [5.41, 5.74) is 6.97. The standard InChI is InChI=1S/C10H19N/c1-9(2)7(6-11)8(9)10(3)4-5-10/h7-8H,4-6,11H2,1-3H3/t7-,8-/m0/s1. The summed E-state index contributed by atoms with van der Waals surface area (Å²) in [7, 11) is 0. The van der Waals surface area contributed by atoms with E-state index < -0.39 is 0 Å². The fourth-order valence-electron chi connectivity index (χ4n) is 3.08. The third kappa shape index (κ3) is 0.868. The normalized spacial score (nSPS) is 43.6. The maximum absolute atomic E-state index is 5.72. The van der Waals surface area contributed by atoms with E-state index in [4.69, 9.17) is 5.73 Å². The highest BCUT2D eigenvalue weighted by atomic mass is 14.8. The molecule has 2 saturated carbocycles. The van der Waals surface area contributed by atoms with Gasteiger partial charge in [-0.25, -0.2) is 0 Å². The van der Waals surface area contributed by atoms with Crippen LogP contribution in [0.15, 0.2) is 0 Å². The van der Waals surface area contributed by atoms with Gasteiger partial charge in [-0.1, -0.05) is 20.8 Å². The smallest absolute Gasteiger partial charge is 0.00406 e. The third-order valence-electron chi connectivity index (χ3n) is 4.09. The average molecular weight is 153 g/mol. The van der Waals surface area contributed by atoms with E-state index in [0.29, 0.717) is 10.8 Å². The van der Waals surface area contributed by atoms with Crippen molar-refractivity contribution in [2.75, 3.05) is 6.54 Å². The van der Waals surface area contributed by atoms with Crippen molar-refractivity contribution in [2.24, 2.45) is 28.4 Å². The zero-order valence-corrected chi connectivity index (χ0v) is 7.85. The molecule has 0 bridgehead atoms. The molecule has 0 amide bonds. The lowest BCUT2D eigenvalue weighted by molar-refractivity contribution is 0.402. The van der Waals surface area contributed by atoms with Gasteiger partial charge < -0.3 is 5.73 Å². The second kappa shape index (κ2) is 1.82. The van der Waals surface area contributed by atoms with Crippen molar-refractivity contribution in [1.29, 1.82) is 0 Å². The van der Waals surface area contributed by atoms with Gasteiger partial charge in [0.05, 0.1) is 0 Å². The molecule has 0 saturated heterocycles. The lowest BCUT2D eigenvalue weighted by atomic mass is 9.96. The number of rotatable bonds is 2. The van der Waals surface area contributed by atoms with E-state index in [9.17, 15) is 0 Å². The fourth-order valence-corrected chi connectivity index (χ4v) is 3.08. The molecule has 0 unspecified atom stereocenters. The van der Waals surface area contributed by atoms with Gasteiger partial charge in [0, 0.05) is 0 Å². The molecule has 0 radical (unpaired) electrons. The van der Waals surface area contributed by atoms with Gasteiger partial charge in [0.2, 0.25) is 0 Å². The Morgan fingerprint density at radius 2 is 1.82 bits per heavy atom. The van der Waals surface area contributed by atoms with Crippen molar-refractivity contribution in [1.82, 2.24) is 0 Å². The van der Waals surface area contributed by atoms with Crippen LogP contribution in [-0.4, -0.2) is 6.54 Å². The highest BCUT2D eigenvalue weighted by Crippen LogP contribution is 2.72. The van der Waals surface area contributed by atoms with E-state index in [2.05, 4.69) is 20.8 Å². The van der Waals surface area contributed by atoms with Crippen LogP contribution in [0.25, 0.3) is 0 Å². The van der Waals surface area contributed by atoms with Crippen LogP contribution < -0.4 is 5.73 Å². The largest absolute Gasteiger partial charge is 0.330 e.